The fraction of sp³-hybridized carbons (Fsp3) is 0.459. The fourth-order valence-corrected chi connectivity index (χ4v) is 4.84. The SMILES string of the molecule is CCCCCCCCOc1ccc(-c2ccc(C(=O)Oc3ccc(C(=O)OC(CCCCCOCC)C(F)(F)F)c(F)c3)cc2)cc1. The van der Waals surface area contributed by atoms with Crippen LogP contribution in [0.5, 0.6) is 11.5 Å². The number of hydrogen-bond acceptors (Lipinski definition) is 6. The molecule has 3 aromatic rings. The van der Waals surface area contributed by atoms with Crippen LogP contribution in [0.2, 0.25) is 0 Å². The quantitative estimate of drug-likeness (QED) is 0.0520. The van der Waals surface area contributed by atoms with Crippen LogP contribution < -0.4 is 9.47 Å². The highest BCUT2D eigenvalue weighted by molar-refractivity contribution is 5.92. The van der Waals surface area contributed by atoms with Gasteiger partial charge in [0.25, 0.3) is 0 Å². The molecule has 0 radical (unpaired) electrons. The van der Waals surface area contributed by atoms with E-state index in [-0.39, 0.29) is 17.7 Å². The molecule has 0 aliphatic carbocycles. The molecule has 0 N–H and O–H groups in total. The van der Waals surface area contributed by atoms with Crippen LogP contribution >= 0.6 is 0 Å². The Morgan fingerprint density at radius 1 is 0.702 bits per heavy atom. The van der Waals surface area contributed by atoms with E-state index in [1.54, 1.807) is 24.3 Å². The summed E-state index contributed by atoms with van der Waals surface area (Å²) < 4.78 is 76.0. The zero-order chi connectivity index (χ0) is 34.1. The van der Waals surface area contributed by atoms with Crippen molar-refractivity contribution in [2.75, 3.05) is 19.8 Å². The van der Waals surface area contributed by atoms with E-state index in [4.69, 9.17) is 14.2 Å². The molecule has 1 unspecified atom stereocenters. The van der Waals surface area contributed by atoms with Crippen LogP contribution in [0.4, 0.5) is 17.6 Å². The van der Waals surface area contributed by atoms with Crippen LogP contribution in [0.3, 0.4) is 0 Å². The Labute approximate surface area is 274 Å². The average molecular weight is 661 g/mol. The van der Waals surface area contributed by atoms with Gasteiger partial charge in [0.1, 0.15) is 17.3 Å². The molecule has 0 saturated heterocycles. The van der Waals surface area contributed by atoms with Crippen molar-refractivity contribution in [2.45, 2.75) is 90.3 Å². The molecule has 0 fully saturated rings. The summed E-state index contributed by atoms with van der Waals surface area (Å²) in [7, 11) is 0. The third-order valence-corrected chi connectivity index (χ3v) is 7.52. The first-order valence-corrected chi connectivity index (χ1v) is 16.3. The Kier molecular flexibility index (Phi) is 15.7. The number of unbranched alkanes of at least 4 members (excludes halogenated alkanes) is 7. The summed E-state index contributed by atoms with van der Waals surface area (Å²) in [5.41, 5.74) is 1.29. The van der Waals surface area contributed by atoms with Gasteiger partial charge in [-0.05, 0) is 80.1 Å². The highest BCUT2D eigenvalue weighted by Crippen LogP contribution is 2.29. The molecule has 3 rings (SSSR count). The minimum Gasteiger partial charge on any atom is -0.494 e. The second-order valence-corrected chi connectivity index (χ2v) is 11.2. The van der Waals surface area contributed by atoms with Gasteiger partial charge in [-0.15, -0.1) is 0 Å². The fourth-order valence-electron chi connectivity index (χ4n) is 4.84. The van der Waals surface area contributed by atoms with Gasteiger partial charge >= 0.3 is 18.1 Å². The van der Waals surface area contributed by atoms with Crippen LogP contribution in [0.1, 0.15) is 98.8 Å². The topological polar surface area (TPSA) is 71.1 Å². The molecule has 47 heavy (non-hydrogen) atoms. The molecule has 0 saturated carbocycles. The van der Waals surface area contributed by atoms with Crippen LogP contribution in [0, 0.1) is 5.82 Å². The Morgan fingerprint density at radius 3 is 1.94 bits per heavy atom. The maximum absolute atomic E-state index is 14.7. The van der Waals surface area contributed by atoms with E-state index in [2.05, 4.69) is 11.7 Å². The Hall–Kier alpha value is -3.92. The predicted octanol–water partition coefficient (Wildman–Crippen LogP) is 10.1. The van der Waals surface area contributed by atoms with Crippen molar-refractivity contribution in [3.05, 3.63) is 83.7 Å². The smallest absolute Gasteiger partial charge is 0.425 e. The number of alkyl halides is 3. The largest absolute Gasteiger partial charge is 0.494 e. The lowest BCUT2D eigenvalue weighted by Gasteiger charge is -2.21. The van der Waals surface area contributed by atoms with Gasteiger partial charge in [-0.1, -0.05) is 69.7 Å². The summed E-state index contributed by atoms with van der Waals surface area (Å²) in [6.07, 6.45) is 0.738. The van der Waals surface area contributed by atoms with E-state index in [1.165, 1.54) is 25.7 Å². The Bertz CT molecular complexity index is 1370. The van der Waals surface area contributed by atoms with E-state index in [1.807, 2.05) is 31.2 Å². The first-order chi connectivity index (χ1) is 22.6. The van der Waals surface area contributed by atoms with Crippen molar-refractivity contribution in [1.82, 2.24) is 0 Å². The highest BCUT2D eigenvalue weighted by Gasteiger charge is 2.42. The van der Waals surface area contributed by atoms with Crippen LogP contribution in [0.25, 0.3) is 11.1 Å². The van der Waals surface area contributed by atoms with Crippen molar-refractivity contribution in [1.29, 1.82) is 0 Å². The summed E-state index contributed by atoms with van der Waals surface area (Å²) >= 11 is 0. The minimum atomic E-state index is -4.80. The minimum absolute atomic E-state index is 0.156. The second-order valence-electron chi connectivity index (χ2n) is 11.2. The van der Waals surface area contributed by atoms with Gasteiger partial charge in [0.05, 0.1) is 17.7 Å². The molecular formula is C37H44F4O6. The van der Waals surface area contributed by atoms with Gasteiger partial charge < -0.3 is 18.9 Å². The molecule has 10 heteroatoms. The lowest BCUT2D eigenvalue weighted by atomic mass is 10.0. The molecule has 1 atom stereocenters. The van der Waals surface area contributed by atoms with Crippen molar-refractivity contribution in [3.8, 4) is 22.6 Å². The second kappa shape index (κ2) is 19.7. The molecule has 0 aromatic heterocycles. The monoisotopic (exact) mass is 660 g/mol. The molecule has 0 spiro atoms. The van der Waals surface area contributed by atoms with Crippen LogP contribution in [-0.2, 0) is 9.47 Å². The van der Waals surface area contributed by atoms with Crippen molar-refractivity contribution in [3.63, 3.8) is 0 Å². The average Bonchev–Trinajstić information content (AvgIpc) is 3.05. The van der Waals surface area contributed by atoms with Gasteiger partial charge in [-0.25, -0.2) is 14.0 Å². The number of carbonyl (C=O) groups excluding carboxylic acids is 2. The van der Waals surface area contributed by atoms with Crippen molar-refractivity contribution in [2.24, 2.45) is 0 Å². The molecule has 0 amide bonds. The molecule has 3 aromatic carbocycles. The number of ether oxygens (including phenoxy) is 4. The number of benzene rings is 3. The van der Waals surface area contributed by atoms with E-state index in [0.717, 1.165) is 47.9 Å². The number of rotatable bonds is 20. The molecular weight excluding hydrogens is 616 g/mol. The first kappa shape index (κ1) is 37.5. The number of hydrogen-bond donors (Lipinski definition) is 0. The summed E-state index contributed by atoms with van der Waals surface area (Å²) in [5.74, 6) is -2.83. The third-order valence-electron chi connectivity index (χ3n) is 7.52. The standard InChI is InChI=1S/C37H44F4O6/c1-3-5-6-7-8-12-25-45-30-20-18-28(19-21-30)27-14-16-29(17-15-27)35(42)46-31-22-23-32(33(38)26-31)36(43)47-34(37(39,40)41)13-10-9-11-24-44-4-2/h14-23,26,34H,3-13,24-25H2,1-2H3. The van der Waals surface area contributed by atoms with Gasteiger partial charge in [-0.2, -0.15) is 13.2 Å². The van der Waals surface area contributed by atoms with E-state index in [9.17, 15) is 27.2 Å². The molecule has 6 nitrogen and oxygen atoms in total. The molecule has 256 valence electrons. The van der Waals surface area contributed by atoms with Gasteiger partial charge in [-0.3, -0.25) is 0 Å². The number of carbonyl (C=O) groups is 2. The third kappa shape index (κ3) is 13.0. The van der Waals surface area contributed by atoms with Crippen LogP contribution in [0.15, 0.2) is 66.7 Å². The summed E-state index contributed by atoms with van der Waals surface area (Å²) in [4.78, 5) is 25.1. The maximum Gasteiger partial charge on any atom is 0.425 e. The first-order valence-electron chi connectivity index (χ1n) is 16.3. The Balaban J connectivity index is 1.51. The van der Waals surface area contributed by atoms with Gasteiger partial charge in [0, 0.05) is 19.3 Å². The normalized spacial score (nSPS) is 12.0. The van der Waals surface area contributed by atoms with E-state index in [0.29, 0.717) is 32.7 Å². The number of esters is 2. The van der Waals surface area contributed by atoms with Gasteiger partial charge in [0.15, 0.2) is 6.10 Å². The van der Waals surface area contributed by atoms with Crippen molar-refractivity contribution >= 4 is 11.9 Å². The van der Waals surface area contributed by atoms with E-state index >= 15 is 0 Å². The lowest BCUT2D eigenvalue weighted by molar-refractivity contribution is -0.206. The lowest BCUT2D eigenvalue weighted by Crippen LogP contribution is -2.34. The summed E-state index contributed by atoms with van der Waals surface area (Å²) in [5, 5.41) is 0. The molecule has 0 heterocycles. The summed E-state index contributed by atoms with van der Waals surface area (Å²) in [6.45, 7) is 5.65. The Morgan fingerprint density at radius 2 is 1.30 bits per heavy atom. The maximum atomic E-state index is 14.7. The van der Waals surface area contributed by atoms with E-state index < -0.39 is 42.0 Å². The molecule has 0 bridgehead atoms. The zero-order valence-electron chi connectivity index (χ0n) is 27.1. The summed E-state index contributed by atoms with van der Waals surface area (Å²) in [6, 6.07) is 17.1. The highest BCUT2D eigenvalue weighted by atomic mass is 19.4. The van der Waals surface area contributed by atoms with Gasteiger partial charge in [0.2, 0.25) is 0 Å². The predicted molar refractivity (Wildman–Crippen MR) is 172 cm³/mol. The molecule has 0 aliphatic rings. The van der Waals surface area contributed by atoms with Crippen LogP contribution in [-0.4, -0.2) is 44.0 Å². The molecule has 0 aliphatic heterocycles. The van der Waals surface area contributed by atoms with Crippen molar-refractivity contribution < 1.29 is 46.1 Å². The number of halogens is 4. The zero-order valence-corrected chi connectivity index (χ0v) is 27.1.